The molecule has 0 amide bonds. The number of aromatic nitrogens is 1. The summed E-state index contributed by atoms with van der Waals surface area (Å²) in [7, 11) is 1.14. The molecule has 0 unspecified atom stereocenters. The van der Waals surface area contributed by atoms with Crippen LogP contribution in [0.25, 0.3) is 16.5 Å². The average molecular weight is 342 g/mol. The van der Waals surface area contributed by atoms with Gasteiger partial charge in [-0.05, 0) is 29.7 Å². The van der Waals surface area contributed by atoms with E-state index in [1.165, 1.54) is 24.4 Å². The highest BCUT2D eigenvalue weighted by Crippen LogP contribution is 2.27. The lowest BCUT2D eigenvalue weighted by Crippen LogP contribution is -2.30. The molecule has 2 aromatic rings. The molecular formula is C14H13F3N4O3. The molecule has 0 aliphatic heterocycles. The third kappa shape index (κ3) is 3.84. The average Bonchev–Trinajstić information content (AvgIpc) is 2.52. The van der Waals surface area contributed by atoms with Crippen LogP contribution in [0.15, 0.2) is 36.2 Å². The number of benzene rings is 1. The van der Waals surface area contributed by atoms with Crippen LogP contribution in [0.5, 0.6) is 5.75 Å². The number of nitrogens with two attached hydrogens (primary N) is 2. The van der Waals surface area contributed by atoms with E-state index in [1.807, 2.05) is 0 Å². The SMILES string of the molecule is COC(=O)/C(NN)=C(/N)c1cc2cc(OC(F)(F)F)ccc2cn1. The number of rotatable bonds is 4. The number of hydrogen-bond donors (Lipinski definition) is 3. The number of carbonyl (C=O) groups is 1. The molecule has 0 radical (unpaired) electrons. The van der Waals surface area contributed by atoms with Crippen LogP contribution >= 0.6 is 0 Å². The number of nitrogens with one attached hydrogen (secondary N) is 1. The first kappa shape index (κ1) is 17.3. The second-order valence-electron chi connectivity index (χ2n) is 4.55. The molecule has 2 rings (SSSR count). The van der Waals surface area contributed by atoms with Gasteiger partial charge in [0.2, 0.25) is 0 Å². The highest BCUT2D eigenvalue weighted by atomic mass is 19.4. The lowest BCUT2D eigenvalue weighted by molar-refractivity contribution is -0.274. The zero-order valence-corrected chi connectivity index (χ0v) is 12.3. The van der Waals surface area contributed by atoms with E-state index >= 15 is 0 Å². The molecule has 128 valence electrons. The number of nitrogens with zero attached hydrogens (tertiary/aromatic N) is 1. The fourth-order valence-corrected chi connectivity index (χ4v) is 1.94. The predicted molar refractivity (Wildman–Crippen MR) is 78.9 cm³/mol. The Morgan fingerprint density at radius 2 is 1.96 bits per heavy atom. The number of carbonyl (C=O) groups excluding carboxylic acids is 1. The highest BCUT2D eigenvalue weighted by Gasteiger charge is 2.31. The van der Waals surface area contributed by atoms with Crippen molar-refractivity contribution in [3.8, 4) is 5.75 Å². The molecule has 0 saturated heterocycles. The maximum absolute atomic E-state index is 12.3. The van der Waals surface area contributed by atoms with Crippen LogP contribution in [-0.2, 0) is 9.53 Å². The number of fused-ring (bicyclic) bond motifs is 1. The van der Waals surface area contributed by atoms with Crippen molar-refractivity contribution in [2.45, 2.75) is 6.36 Å². The second kappa shape index (κ2) is 6.62. The van der Waals surface area contributed by atoms with Gasteiger partial charge >= 0.3 is 12.3 Å². The molecule has 0 aliphatic carbocycles. The van der Waals surface area contributed by atoms with Gasteiger partial charge in [-0.2, -0.15) is 0 Å². The van der Waals surface area contributed by atoms with E-state index in [2.05, 4.69) is 19.9 Å². The first-order chi connectivity index (χ1) is 11.2. The van der Waals surface area contributed by atoms with Crippen molar-refractivity contribution in [3.05, 3.63) is 41.9 Å². The van der Waals surface area contributed by atoms with Crippen LogP contribution in [0, 0.1) is 0 Å². The Morgan fingerprint density at radius 1 is 1.25 bits per heavy atom. The van der Waals surface area contributed by atoms with Gasteiger partial charge in [-0.15, -0.1) is 13.2 Å². The highest BCUT2D eigenvalue weighted by molar-refractivity contribution is 5.96. The van der Waals surface area contributed by atoms with Crippen molar-refractivity contribution in [3.63, 3.8) is 0 Å². The smallest absolute Gasteiger partial charge is 0.464 e. The Labute approximate surface area is 134 Å². The molecular weight excluding hydrogens is 329 g/mol. The molecule has 1 heterocycles. The van der Waals surface area contributed by atoms with Gasteiger partial charge in [0.1, 0.15) is 5.75 Å². The van der Waals surface area contributed by atoms with E-state index in [-0.39, 0.29) is 22.8 Å². The van der Waals surface area contributed by atoms with Crippen LogP contribution in [0.3, 0.4) is 0 Å². The van der Waals surface area contributed by atoms with Gasteiger partial charge in [0.15, 0.2) is 5.70 Å². The van der Waals surface area contributed by atoms with Gasteiger partial charge in [-0.3, -0.25) is 10.8 Å². The Hall–Kier alpha value is -3.01. The Balaban J connectivity index is 2.49. The summed E-state index contributed by atoms with van der Waals surface area (Å²) in [6, 6.07) is 5.15. The third-order valence-electron chi connectivity index (χ3n) is 3.01. The lowest BCUT2D eigenvalue weighted by Gasteiger charge is -2.11. The minimum atomic E-state index is -4.80. The van der Waals surface area contributed by atoms with Gasteiger partial charge in [0.05, 0.1) is 18.5 Å². The monoisotopic (exact) mass is 342 g/mol. The first-order valence-electron chi connectivity index (χ1n) is 6.45. The van der Waals surface area contributed by atoms with Gasteiger partial charge in [0.25, 0.3) is 0 Å². The number of hydrogen-bond acceptors (Lipinski definition) is 7. The van der Waals surface area contributed by atoms with Gasteiger partial charge in [-0.1, -0.05) is 0 Å². The molecule has 0 spiro atoms. The van der Waals surface area contributed by atoms with E-state index in [0.717, 1.165) is 13.2 Å². The van der Waals surface area contributed by atoms with Crippen LogP contribution in [0.2, 0.25) is 0 Å². The van der Waals surface area contributed by atoms with Crippen molar-refractivity contribution < 1.29 is 27.4 Å². The summed E-state index contributed by atoms with van der Waals surface area (Å²) in [6.07, 6.45) is -3.41. The molecule has 7 nitrogen and oxygen atoms in total. The van der Waals surface area contributed by atoms with Crippen LogP contribution in [0.1, 0.15) is 5.69 Å². The molecule has 24 heavy (non-hydrogen) atoms. The van der Waals surface area contributed by atoms with Crippen molar-refractivity contribution in [2.75, 3.05) is 7.11 Å². The number of ether oxygens (including phenoxy) is 2. The standard InChI is InChI=1S/C14H13F3N4O3/c1-23-13(22)12(21-19)11(18)10-5-8-4-9(24-14(15,16)17)3-2-7(8)6-20-10/h2-6,21H,18-19H2,1H3/b12-11-. The van der Waals surface area contributed by atoms with Crippen molar-refractivity contribution in [1.82, 2.24) is 10.4 Å². The minimum absolute atomic E-state index is 0.117. The topological polar surface area (TPSA) is 112 Å². The van der Waals surface area contributed by atoms with Crippen LogP contribution in [0.4, 0.5) is 13.2 Å². The van der Waals surface area contributed by atoms with E-state index in [0.29, 0.717) is 10.8 Å². The summed E-state index contributed by atoms with van der Waals surface area (Å²) in [5.74, 6) is 4.03. The molecule has 10 heteroatoms. The number of halogens is 3. The molecule has 5 N–H and O–H groups in total. The van der Waals surface area contributed by atoms with Gasteiger partial charge in [-0.25, -0.2) is 4.79 Å². The number of hydrazine groups is 1. The molecule has 0 fully saturated rings. The number of pyridine rings is 1. The van der Waals surface area contributed by atoms with Gasteiger partial charge in [0, 0.05) is 11.6 Å². The summed E-state index contributed by atoms with van der Waals surface area (Å²) in [5.41, 5.74) is 7.71. The Morgan fingerprint density at radius 3 is 2.54 bits per heavy atom. The predicted octanol–water partition coefficient (Wildman–Crippen LogP) is 1.40. The quantitative estimate of drug-likeness (QED) is 0.333. The minimum Gasteiger partial charge on any atom is -0.464 e. The Bertz CT molecular complexity index is 805. The van der Waals surface area contributed by atoms with Crippen LogP contribution in [-0.4, -0.2) is 24.4 Å². The maximum atomic E-state index is 12.3. The second-order valence-corrected chi connectivity index (χ2v) is 4.55. The van der Waals surface area contributed by atoms with E-state index in [4.69, 9.17) is 11.6 Å². The summed E-state index contributed by atoms with van der Waals surface area (Å²) in [4.78, 5) is 15.6. The van der Waals surface area contributed by atoms with Gasteiger partial charge < -0.3 is 20.6 Å². The summed E-state index contributed by atoms with van der Waals surface area (Å²) < 4.78 is 45.3. The third-order valence-corrected chi connectivity index (χ3v) is 3.01. The first-order valence-corrected chi connectivity index (χ1v) is 6.45. The van der Waals surface area contributed by atoms with Crippen molar-refractivity contribution in [2.24, 2.45) is 11.6 Å². The molecule has 0 bridgehead atoms. The Kier molecular flexibility index (Phi) is 4.79. The molecule has 0 saturated carbocycles. The summed E-state index contributed by atoms with van der Waals surface area (Å²) >= 11 is 0. The largest absolute Gasteiger partial charge is 0.573 e. The maximum Gasteiger partial charge on any atom is 0.573 e. The molecule has 0 atom stereocenters. The normalized spacial score (nSPS) is 12.5. The molecule has 0 aliphatic rings. The molecule has 1 aromatic heterocycles. The zero-order chi connectivity index (χ0) is 17.9. The summed E-state index contributed by atoms with van der Waals surface area (Å²) in [6.45, 7) is 0. The summed E-state index contributed by atoms with van der Waals surface area (Å²) in [5, 5.41) is 0.937. The van der Waals surface area contributed by atoms with E-state index in [1.54, 1.807) is 0 Å². The van der Waals surface area contributed by atoms with Crippen molar-refractivity contribution >= 4 is 22.4 Å². The number of alkyl halides is 3. The number of methoxy groups -OCH3 is 1. The fourth-order valence-electron chi connectivity index (χ4n) is 1.94. The van der Waals surface area contributed by atoms with Crippen molar-refractivity contribution in [1.29, 1.82) is 0 Å². The molecule has 1 aromatic carbocycles. The van der Waals surface area contributed by atoms with E-state index < -0.39 is 12.3 Å². The zero-order valence-electron chi connectivity index (χ0n) is 12.3. The number of esters is 1. The fraction of sp³-hybridized carbons (Fsp3) is 0.143. The van der Waals surface area contributed by atoms with E-state index in [9.17, 15) is 18.0 Å². The lowest BCUT2D eigenvalue weighted by atomic mass is 10.1. The van der Waals surface area contributed by atoms with Crippen LogP contribution < -0.4 is 21.7 Å².